The fraction of sp³-hybridized carbons (Fsp3) is 0.375. The van der Waals surface area contributed by atoms with Crippen LogP contribution in [0.25, 0.3) is 22.5 Å². The van der Waals surface area contributed by atoms with Gasteiger partial charge in [-0.2, -0.15) is 4.98 Å². The lowest BCUT2D eigenvalue weighted by Gasteiger charge is -2.39. The summed E-state index contributed by atoms with van der Waals surface area (Å²) in [5.74, 6) is -2.58. The van der Waals surface area contributed by atoms with E-state index in [2.05, 4.69) is 75.8 Å². The molecule has 11 nitrogen and oxygen atoms in total. The quantitative estimate of drug-likeness (QED) is 0.147. The van der Waals surface area contributed by atoms with Gasteiger partial charge in [0.25, 0.3) is 5.91 Å². The van der Waals surface area contributed by atoms with Gasteiger partial charge in [-0.1, -0.05) is 59.6 Å². The van der Waals surface area contributed by atoms with Crippen LogP contribution in [0.2, 0.25) is 0 Å². The molecule has 1 amide bonds. The Balaban J connectivity index is 0.000000170. The summed E-state index contributed by atoms with van der Waals surface area (Å²) in [7, 11) is 0. The Hall–Kier alpha value is -5.43. The van der Waals surface area contributed by atoms with Crippen LogP contribution in [0.15, 0.2) is 69.7 Å². The molecule has 3 heterocycles. The predicted octanol–water partition coefficient (Wildman–Crippen LogP) is 6.92. The minimum atomic E-state index is -0.947. The van der Waals surface area contributed by atoms with Gasteiger partial charge in [-0.3, -0.25) is 14.5 Å². The molecule has 1 saturated heterocycles. The number of aliphatic carboxylic acids is 1. The number of nitrogens with two attached hydrogens (primary N) is 1. The van der Waals surface area contributed by atoms with E-state index >= 15 is 0 Å². The molecule has 2 fully saturated rings. The zero-order valence-electron chi connectivity index (χ0n) is 29.9. The number of aromatic nitrogens is 3. The monoisotopic (exact) mass is 724 g/mol. The Kier molecular flexibility index (Phi) is 9.86. The van der Waals surface area contributed by atoms with E-state index in [1.165, 1.54) is 47.2 Å². The van der Waals surface area contributed by atoms with Gasteiger partial charge in [0.05, 0.1) is 16.9 Å². The molecule has 3 aliphatic rings. The number of carboxylic acids is 1. The highest BCUT2D eigenvalue weighted by molar-refractivity contribution is 5.93. The number of carbonyl (C=O) groups is 2. The molecule has 0 bridgehead atoms. The molecule has 8 rings (SSSR count). The fourth-order valence-corrected chi connectivity index (χ4v) is 7.90. The number of hydrogen-bond donors (Lipinski definition) is 3. The van der Waals surface area contributed by atoms with Crippen LogP contribution in [-0.4, -0.2) is 62.4 Å². The number of nitrogen functional groups attached to an aromatic ring is 1. The van der Waals surface area contributed by atoms with Gasteiger partial charge in [-0.15, -0.1) is 0 Å². The van der Waals surface area contributed by atoms with Crippen LogP contribution in [-0.2, 0) is 16.6 Å². The van der Waals surface area contributed by atoms with Gasteiger partial charge in [-0.25, -0.2) is 8.78 Å². The predicted molar refractivity (Wildman–Crippen MR) is 193 cm³/mol. The summed E-state index contributed by atoms with van der Waals surface area (Å²) in [6.45, 7) is 7.09. The number of nitrogens with one attached hydrogen (secondary N) is 1. The van der Waals surface area contributed by atoms with Crippen molar-refractivity contribution in [3.63, 3.8) is 0 Å². The number of aryl methyl sites for hydroxylation is 1. The highest BCUT2D eigenvalue weighted by atomic mass is 19.1. The van der Waals surface area contributed by atoms with Crippen LogP contribution in [0.5, 0.6) is 0 Å². The molecule has 1 aliphatic heterocycles. The first kappa shape index (κ1) is 36.0. The minimum absolute atomic E-state index is 0.0107. The summed E-state index contributed by atoms with van der Waals surface area (Å²) in [6, 6.07) is 16.9. The van der Waals surface area contributed by atoms with Crippen molar-refractivity contribution in [2.24, 2.45) is 5.92 Å². The number of carboxylic acid groups (broad SMARTS) is 1. The molecule has 0 radical (unpaired) electrons. The van der Waals surface area contributed by atoms with Crippen molar-refractivity contribution < 1.29 is 32.5 Å². The van der Waals surface area contributed by atoms with Gasteiger partial charge in [0.1, 0.15) is 11.6 Å². The molecule has 276 valence electrons. The maximum atomic E-state index is 13.9. The lowest BCUT2D eigenvalue weighted by Crippen LogP contribution is -2.55. The first-order chi connectivity index (χ1) is 25.4. The van der Waals surface area contributed by atoms with Crippen LogP contribution in [0.4, 0.5) is 14.5 Å². The van der Waals surface area contributed by atoms with Crippen LogP contribution in [0.3, 0.4) is 0 Å². The summed E-state index contributed by atoms with van der Waals surface area (Å²) < 4.78 is 37.2. The number of likely N-dealkylation sites (tertiary alicyclic amines) is 1. The first-order valence-electron chi connectivity index (χ1n) is 17.9. The van der Waals surface area contributed by atoms with Crippen LogP contribution < -0.4 is 11.1 Å². The van der Waals surface area contributed by atoms with E-state index < -0.39 is 40.9 Å². The van der Waals surface area contributed by atoms with Crippen LogP contribution in [0.1, 0.15) is 84.8 Å². The highest BCUT2D eigenvalue weighted by Gasteiger charge is 2.39. The number of rotatable bonds is 7. The second-order valence-electron chi connectivity index (χ2n) is 14.6. The van der Waals surface area contributed by atoms with Gasteiger partial charge in [-0.05, 0) is 73.1 Å². The van der Waals surface area contributed by atoms with Gasteiger partial charge in [0.15, 0.2) is 17.3 Å². The smallest absolute Gasteiger partial charge is 0.309 e. The number of hydrogen-bond acceptors (Lipinski definition) is 9. The average Bonchev–Trinajstić information content (AvgIpc) is 3.96. The van der Waals surface area contributed by atoms with E-state index in [4.69, 9.17) is 14.8 Å². The number of nitrogens with zero attached hydrogens (tertiary/aromatic N) is 4. The molecule has 53 heavy (non-hydrogen) atoms. The van der Waals surface area contributed by atoms with E-state index in [1.54, 1.807) is 6.92 Å². The lowest BCUT2D eigenvalue weighted by molar-refractivity contribution is -0.145. The van der Waals surface area contributed by atoms with E-state index in [-0.39, 0.29) is 17.0 Å². The standard InChI is InChI=1S/C21H23F2N3O4.C19H19N3O/c22-12-5-6-14(16(23)9-12)19-10-18(25-30-19)20(27)24-17-7-8-26(11-15(17)21(28)29)13-3-1-2-4-13;1-11-21-18(22-23-11)19(2,3)16-9-8-14-13-7-5-4-6-12(13)10-15(14)17(16)20/h5-6,9-10,13,15,17H,1-4,7-8,11H2,(H,24,27)(H,28,29);4-9H,10,20H2,1-3H3/t15-,17-;/m0./s1. The van der Waals surface area contributed by atoms with Crippen molar-refractivity contribution in [1.82, 2.24) is 25.5 Å². The second kappa shape index (κ2) is 14.5. The van der Waals surface area contributed by atoms with Crippen molar-refractivity contribution >= 4 is 17.6 Å². The molecule has 0 unspecified atom stereocenters. The van der Waals surface area contributed by atoms with Crippen molar-refractivity contribution in [3.05, 3.63) is 106 Å². The summed E-state index contributed by atoms with van der Waals surface area (Å²) in [6.07, 6.45) is 5.92. The Morgan fingerprint density at radius 1 is 0.962 bits per heavy atom. The number of halogens is 2. The molecule has 3 aromatic carbocycles. The largest absolute Gasteiger partial charge is 0.481 e. The number of benzene rings is 3. The van der Waals surface area contributed by atoms with E-state index in [0.717, 1.165) is 43.1 Å². The Morgan fingerprint density at radius 2 is 1.72 bits per heavy atom. The maximum absolute atomic E-state index is 13.9. The van der Waals surface area contributed by atoms with Crippen molar-refractivity contribution in [3.8, 4) is 22.5 Å². The zero-order chi connectivity index (χ0) is 37.4. The number of fused-ring (bicyclic) bond motifs is 3. The number of anilines is 1. The molecule has 2 atom stereocenters. The molecular formula is C40H42F2N6O5. The molecule has 1 saturated carbocycles. The van der Waals surface area contributed by atoms with Crippen molar-refractivity contribution in [2.75, 3.05) is 18.8 Å². The third-order valence-corrected chi connectivity index (χ3v) is 10.9. The zero-order valence-corrected chi connectivity index (χ0v) is 29.9. The van der Waals surface area contributed by atoms with Gasteiger partial charge < -0.3 is 25.2 Å². The SMILES string of the molecule is Cc1nc(C(C)(C)c2ccc3c(c2N)Cc2ccccc2-3)no1.O=C(N[C@H]1CCN(C2CCCC2)C[C@@H]1C(=O)O)c1cc(-c2ccc(F)cc2F)on1. The molecule has 13 heteroatoms. The molecule has 0 spiro atoms. The molecule has 5 aromatic rings. The van der Waals surface area contributed by atoms with E-state index in [1.807, 2.05) is 0 Å². The van der Waals surface area contributed by atoms with Gasteiger partial charge in [0.2, 0.25) is 5.89 Å². The summed E-state index contributed by atoms with van der Waals surface area (Å²) in [5.41, 5.74) is 13.0. The Morgan fingerprint density at radius 3 is 2.43 bits per heavy atom. The van der Waals surface area contributed by atoms with Crippen molar-refractivity contribution in [1.29, 1.82) is 0 Å². The summed E-state index contributed by atoms with van der Waals surface area (Å²) in [4.78, 5) is 31.0. The molecule has 4 N–H and O–H groups in total. The van der Waals surface area contributed by atoms with Crippen LogP contribution in [0, 0.1) is 24.5 Å². The Labute approximate surface area is 305 Å². The Bertz CT molecular complexity index is 2160. The lowest BCUT2D eigenvalue weighted by atomic mass is 9.81. The second-order valence-corrected chi connectivity index (χ2v) is 14.6. The topological polar surface area (TPSA) is 161 Å². The molecule has 2 aromatic heterocycles. The summed E-state index contributed by atoms with van der Waals surface area (Å²) >= 11 is 0. The van der Waals surface area contributed by atoms with Gasteiger partial charge in [0, 0.05) is 56.3 Å². The van der Waals surface area contributed by atoms with E-state index in [0.29, 0.717) is 36.8 Å². The first-order valence-corrected chi connectivity index (χ1v) is 17.9. The summed E-state index contributed by atoms with van der Waals surface area (Å²) in [5, 5.41) is 20.2. The number of amides is 1. The highest BCUT2D eigenvalue weighted by Crippen LogP contribution is 2.44. The molecular weight excluding hydrogens is 682 g/mol. The number of piperidine rings is 1. The number of carbonyl (C=O) groups excluding carboxylic acids is 1. The normalized spacial score (nSPS) is 18.6. The average molecular weight is 725 g/mol. The third-order valence-electron chi connectivity index (χ3n) is 10.9. The van der Waals surface area contributed by atoms with Crippen LogP contribution >= 0.6 is 0 Å². The maximum Gasteiger partial charge on any atom is 0.309 e. The fourth-order valence-electron chi connectivity index (χ4n) is 7.90. The van der Waals surface area contributed by atoms with E-state index in [9.17, 15) is 23.5 Å². The third kappa shape index (κ3) is 7.17. The van der Waals surface area contributed by atoms with Crippen molar-refractivity contribution in [2.45, 2.75) is 76.8 Å². The van der Waals surface area contributed by atoms with Gasteiger partial charge >= 0.3 is 5.97 Å². The molecule has 2 aliphatic carbocycles. The minimum Gasteiger partial charge on any atom is -0.481 e.